The minimum atomic E-state index is -0.236. The monoisotopic (exact) mass is 235 g/mol. The number of Topliss-reactive ketones (excluding diaryl/α,β-unsaturated/α-hetero) is 1. The van der Waals surface area contributed by atoms with Crippen molar-refractivity contribution < 1.29 is 9.18 Å². The first-order valence-electron chi connectivity index (χ1n) is 6.15. The Hall–Kier alpha value is -1.22. The SMILES string of the molecule is Cc1cc(F)ccc1CC(=O)C1CCNCC1. The second-order valence-corrected chi connectivity index (χ2v) is 4.74. The number of aryl methyl sites for hydroxylation is 1. The average molecular weight is 235 g/mol. The van der Waals surface area contributed by atoms with Crippen LogP contribution < -0.4 is 5.32 Å². The van der Waals surface area contributed by atoms with Gasteiger partial charge in [-0.3, -0.25) is 4.79 Å². The average Bonchev–Trinajstić information content (AvgIpc) is 2.34. The van der Waals surface area contributed by atoms with Gasteiger partial charge in [-0.2, -0.15) is 0 Å². The lowest BCUT2D eigenvalue weighted by molar-refractivity contribution is -0.122. The van der Waals surface area contributed by atoms with E-state index in [-0.39, 0.29) is 11.7 Å². The van der Waals surface area contributed by atoms with Gasteiger partial charge >= 0.3 is 0 Å². The highest BCUT2D eigenvalue weighted by atomic mass is 19.1. The van der Waals surface area contributed by atoms with Gasteiger partial charge in [-0.1, -0.05) is 6.07 Å². The molecule has 3 heteroatoms. The zero-order valence-corrected chi connectivity index (χ0v) is 10.1. The molecule has 17 heavy (non-hydrogen) atoms. The summed E-state index contributed by atoms with van der Waals surface area (Å²) in [7, 11) is 0. The number of nitrogens with one attached hydrogen (secondary N) is 1. The number of ketones is 1. The molecule has 2 nitrogen and oxygen atoms in total. The molecule has 0 unspecified atom stereocenters. The Bertz CT molecular complexity index is 411. The van der Waals surface area contributed by atoms with Gasteiger partial charge < -0.3 is 5.32 Å². The summed E-state index contributed by atoms with van der Waals surface area (Å²) in [6.45, 7) is 3.71. The number of carbonyl (C=O) groups is 1. The zero-order valence-electron chi connectivity index (χ0n) is 10.1. The van der Waals surface area contributed by atoms with Crippen molar-refractivity contribution in [3.63, 3.8) is 0 Å². The van der Waals surface area contributed by atoms with Crippen LogP contribution in [0.1, 0.15) is 24.0 Å². The number of benzene rings is 1. The van der Waals surface area contributed by atoms with Gasteiger partial charge in [0.1, 0.15) is 11.6 Å². The number of rotatable bonds is 3. The second kappa shape index (κ2) is 5.41. The maximum absolute atomic E-state index is 12.9. The zero-order chi connectivity index (χ0) is 12.3. The molecule has 0 amide bonds. The number of hydrogen-bond acceptors (Lipinski definition) is 2. The standard InChI is InChI=1S/C14H18FNO/c1-10-8-13(15)3-2-12(10)9-14(17)11-4-6-16-7-5-11/h2-3,8,11,16H,4-7,9H2,1H3. The first-order chi connectivity index (χ1) is 8.16. The fraction of sp³-hybridized carbons (Fsp3) is 0.500. The van der Waals surface area contributed by atoms with E-state index in [9.17, 15) is 9.18 Å². The first kappa shape index (κ1) is 12.2. The summed E-state index contributed by atoms with van der Waals surface area (Å²) < 4.78 is 12.9. The van der Waals surface area contributed by atoms with E-state index in [1.165, 1.54) is 12.1 Å². The topological polar surface area (TPSA) is 29.1 Å². The van der Waals surface area contributed by atoms with E-state index in [1.807, 2.05) is 6.92 Å². The predicted octanol–water partition coefficient (Wildman–Crippen LogP) is 2.25. The van der Waals surface area contributed by atoms with Crippen LogP contribution in [0.4, 0.5) is 4.39 Å². The van der Waals surface area contributed by atoms with Gasteiger partial charge in [-0.15, -0.1) is 0 Å². The molecule has 0 spiro atoms. The Labute approximate surface area is 101 Å². The van der Waals surface area contributed by atoms with Gasteiger partial charge in [0.05, 0.1) is 0 Å². The first-order valence-corrected chi connectivity index (χ1v) is 6.15. The molecule has 0 bridgehead atoms. The van der Waals surface area contributed by atoms with Crippen LogP contribution in [0.2, 0.25) is 0 Å². The van der Waals surface area contributed by atoms with Gasteiger partial charge in [-0.25, -0.2) is 4.39 Å². The molecule has 2 rings (SSSR count). The number of hydrogen-bond donors (Lipinski definition) is 1. The minimum Gasteiger partial charge on any atom is -0.317 e. The van der Waals surface area contributed by atoms with Crippen LogP contribution >= 0.6 is 0 Å². The van der Waals surface area contributed by atoms with E-state index < -0.39 is 0 Å². The molecule has 1 aliphatic heterocycles. The van der Waals surface area contributed by atoms with Crippen molar-refractivity contribution in [2.24, 2.45) is 5.92 Å². The summed E-state index contributed by atoms with van der Waals surface area (Å²) in [5, 5.41) is 3.25. The van der Waals surface area contributed by atoms with Crippen LogP contribution in [0.5, 0.6) is 0 Å². The molecule has 0 saturated carbocycles. The summed E-state index contributed by atoms with van der Waals surface area (Å²) in [5.74, 6) is 0.238. The Kier molecular flexibility index (Phi) is 3.89. The lowest BCUT2D eigenvalue weighted by atomic mass is 9.89. The predicted molar refractivity (Wildman–Crippen MR) is 65.4 cm³/mol. The van der Waals surface area contributed by atoms with Gasteiger partial charge in [0, 0.05) is 12.3 Å². The van der Waals surface area contributed by atoms with Crippen LogP contribution in [0.15, 0.2) is 18.2 Å². The quantitative estimate of drug-likeness (QED) is 0.870. The molecular formula is C14H18FNO. The van der Waals surface area contributed by atoms with Crippen molar-refractivity contribution in [1.82, 2.24) is 5.32 Å². The molecule has 0 radical (unpaired) electrons. The van der Waals surface area contributed by atoms with Crippen LogP contribution in [0, 0.1) is 18.7 Å². The molecule has 1 aromatic rings. The lowest BCUT2D eigenvalue weighted by Crippen LogP contribution is -2.32. The molecular weight excluding hydrogens is 217 g/mol. The molecule has 92 valence electrons. The normalized spacial score (nSPS) is 17.1. The highest BCUT2D eigenvalue weighted by molar-refractivity contribution is 5.83. The van der Waals surface area contributed by atoms with Crippen molar-refractivity contribution in [3.8, 4) is 0 Å². The van der Waals surface area contributed by atoms with E-state index in [2.05, 4.69) is 5.32 Å². The molecule has 1 aliphatic rings. The van der Waals surface area contributed by atoms with Crippen molar-refractivity contribution in [3.05, 3.63) is 35.1 Å². The molecule has 1 saturated heterocycles. The van der Waals surface area contributed by atoms with Crippen LogP contribution in [0.3, 0.4) is 0 Å². The van der Waals surface area contributed by atoms with Crippen LogP contribution in [-0.2, 0) is 11.2 Å². The minimum absolute atomic E-state index is 0.181. The Morgan fingerprint density at radius 1 is 1.41 bits per heavy atom. The van der Waals surface area contributed by atoms with E-state index in [4.69, 9.17) is 0 Å². The van der Waals surface area contributed by atoms with Crippen LogP contribution in [0.25, 0.3) is 0 Å². The highest BCUT2D eigenvalue weighted by Crippen LogP contribution is 2.18. The van der Waals surface area contributed by atoms with Gasteiger partial charge in [-0.05, 0) is 56.1 Å². The Morgan fingerprint density at radius 2 is 2.12 bits per heavy atom. The highest BCUT2D eigenvalue weighted by Gasteiger charge is 2.21. The van der Waals surface area contributed by atoms with Gasteiger partial charge in [0.15, 0.2) is 0 Å². The smallest absolute Gasteiger partial charge is 0.140 e. The van der Waals surface area contributed by atoms with E-state index >= 15 is 0 Å². The van der Waals surface area contributed by atoms with Crippen molar-refractivity contribution in [2.75, 3.05) is 13.1 Å². The summed E-state index contributed by atoms with van der Waals surface area (Å²) >= 11 is 0. The number of halogens is 1. The molecule has 1 heterocycles. The van der Waals surface area contributed by atoms with Crippen molar-refractivity contribution >= 4 is 5.78 Å². The maximum Gasteiger partial charge on any atom is 0.140 e. The third kappa shape index (κ3) is 3.13. The second-order valence-electron chi connectivity index (χ2n) is 4.74. The van der Waals surface area contributed by atoms with Gasteiger partial charge in [0.25, 0.3) is 0 Å². The molecule has 0 atom stereocenters. The Balaban J connectivity index is 2.02. The maximum atomic E-state index is 12.9. The molecule has 0 aliphatic carbocycles. The van der Waals surface area contributed by atoms with Gasteiger partial charge in [0.2, 0.25) is 0 Å². The fourth-order valence-corrected chi connectivity index (χ4v) is 2.33. The number of carbonyl (C=O) groups excluding carboxylic acids is 1. The molecule has 0 aromatic heterocycles. The summed E-state index contributed by atoms with van der Waals surface area (Å²) in [5.41, 5.74) is 1.82. The van der Waals surface area contributed by atoms with E-state index in [0.717, 1.165) is 37.1 Å². The van der Waals surface area contributed by atoms with Crippen molar-refractivity contribution in [1.29, 1.82) is 0 Å². The Morgan fingerprint density at radius 3 is 2.76 bits per heavy atom. The van der Waals surface area contributed by atoms with Crippen LogP contribution in [-0.4, -0.2) is 18.9 Å². The third-order valence-electron chi connectivity index (χ3n) is 3.46. The number of piperidine rings is 1. The molecule has 1 aromatic carbocycles. The van der Waals surface area contributed by atoms with E-state index in [0.29, 0.717) is 12.2 Å². The largest absolute Gasteiger partial charge is 0.317 e. The van der Waals surface area contributed by atoms with E-state index in [1.54, 1.807) is 6.07 Å². The molecule has 1 fully saturated rings. The lowest BCUT2D eigenvalue weighted by Gasteiger charge is -2.21. The summed E-state index contributed by atoms with van der Waals surface area (Å²) in [6, 6.07) is 4.65. The van der Waals surface area contributed by atoms with Crippen molar-refractivity contribution in [2.45, 2.75) is 26.2 Å². The fourth-order valence-electron chi connectivity index (χ4n) is 2.33. The summed E-state index contributed by atoms with van der Waals surface area (Å²) in [6.07, 6.45) is 2.30. The summed E-state index contributed by atoms with van der Waals surface area (Å²) in [4.78, 5) is 12.1. The third-order valence-corrected chi connectivity index (χ3v) is 3.46. The molecule has 1 N–H and O–H groups in total.